The van der Waals surface area contributed by atoms with E-state index >= 15 is 0 Å². The van der Waals surface area contributed by atoms with Crippen LogP contribution >= 0.6 is 0 Å². The number of aromatic nitrogens is 1. The Hall–Kier alpha value is -1.45. The van der Waals surface area contributed by atoms with E-state index in [1.165, 1.54) is 0 Å². The van der Waals surface area contributed by atoms with Crippen molar-refractivity contribution in [1.82, 2.24) is 10.3 Å². The quantitative estimate of drug-likeness (QED) is 0.847. The summed E-state index contributed by atoms with van der Waals surface area (Å²) in [6.07, 6.45) is 3.04. The molecule has 2 N–H and O–H groups in total. The number of benzene rings is 1. The zero-order chi connectivity index (χ0) is 12.3. The Bertz CT molecular complexity index is 493. The molecule has 0 aliphatic rings. The molecule has 0 aliphatic heterocycles. The Morgan fingerprint density at radius 1 is 1.29 bits per heavy atom. The highest BCUT2D eigenvalue weighted by molar-refractivity contribution is 5.84. The summed E-state index contributed by atoms with van der Waals surface area (Å²) in [6, 6.07) is 8.02. The lowest BCUT2D eigenvalue weighted by Crippen LogP contribution is -2.32. The lowest BCUT2D eigenvalue weighted by Gasteiger charge is -2.20. The van der Waals surface area contributed by atoms with Gasteiger partial charge in [0.2, 0.25) is 0 Å². The maximum atomic E-state index is 10.3. The topological polar surface area (TPSA) is 45.1 Å². The Kier molecular flexibility index (Phi) is 3.71. The van der Waals surface area contributed by atoms with Crippen molar-refractivity contribution >= 4 is 10.8 Å². The van der Waals surface area contributed by atoms with Gasteiger partial charge in [0, 0.05) is 29.4 Å². The van der Waals surface area contributed by atoms with Gasteiger partial charge < -0.3 is 10.4 Å². The average molecular weight is 230 g/mol. The van der Waals surface area contributed by atoms with E-state index in [2.05, 4.69) is 10.3 Å². The van der Waals surface area contributed by atoms with Crippen LogP contribution in [-0.4, -0.2) is 22.7 Å². The van der Waals surface area contributed by atoms with E-state index in [9.17, 15) is 5.11 Å². The second kappa shape index (κ2) is 5.25. The number of nitrogens with zero attached hydrogens (tertiary/aromatic N) is 1. The minimum atomic E-state index is -0.534. The molecule has 1 heterocycles. The van der Waals surface area contributed by atoms with Gasteiger partial charge in [0.1, 0.15) is 0 Å². The molecule has 0 aliphatic carbocycles. The third-order valence-corrected chi connectivity index (χ3v) is 3.02. The van der Waals surface area contributed by atoms with Gasteiger partial charge in [0.25, 0.3) is 0 Å². The van der Waals surface area contributed by atoms with Crippen LogP contribution in [0.2, 0.25) is 0 Å². The standard InChI is InChI=1S/C14H18N2O/c1-3-16-10(2)14(17)13-9-15-8-11-6-4-5-7-12(11)13/h4-10,14,16-17H,3H2,1-2H3. The van der Waals surface area contributed by atoms with Crippen molar-refractivity contribution in [2.24, 2.45) is 0 Å². The summed E-state index contributed by atoms with van der Waals surface area (Å²) < 4.78 is 0. The van der Waals surface area contributed by atoms with E-state index < -0.39 is 6.10 Å². The fraction of sp³-hybridized carbons (Fsp3) is 0.357. The molecule has 17 heavy (non-hydrogen) atoms. The first-order chi connectivity index (χ1) is 8.24. The first-order valence-corrected chi connectivity index (χ1v) is 5.98. The Labute approximate surface area is 102 Å². The van der Waals surface area contributed by atoms with E-state index in [1.807, 2.05) is 44.3 Å². The molecule has 0 bridgehead atoms. The number of likely N-dealkylation sites (N-methyl/N-ethyl adjacent to an activating group) is 1. The zero-order valence-corrected chi connectivity index (χ0v) is 10.2. The summed E-state index contributed by atoms with van der Waals surface area (Å²) in [5.74, 6) is 0. The van der Waals surface area contributed by atoms with Crippen molar-refractivity contribution in [2.75, 3.05) is 6.54 Å². The van der Waals surface area contributed by atoms with Gasteiger partial charge in [0.05, 0.1) is 6.10 Å². The monoisotopic (exact) mass is 230 g/mol. The zero-order valence-electron chi connectivity index (χ0n) is 10.2. The molecule has 1 aromatic carbocycles. The Balaban J connectivity index is 2.41. The fourth-order valence-corrected chi connectivity index (χ4v) is 2.08. The summed E-state index contributed by atoms with van der Waals surface area (Å²) in [5, 5.41) is 15.7. The molecule has 1 aromatic heterocycles. The fourth-order valence-electron chi connectivity index (χ4n) is 2.08. The van der Waals surface area contributed by atoms with Crippen LogP contribution in [0.3, 0.4) is 0 Å². The first-order valence-electron chi connectivity index (χ1n) is 5.98. The van der Waals surface area contributed by atoms with Gasteiger partial charge >= 0.3 is 0 Å². The molecule has 0 radical (unpaired) electrons. The maximum absolute atomic E-state index is 10.3. The van der Waals surface area contributed by atoms with Gasteiger partial charge in [-0.2, -0.15) is 0 Å². The van der Waals surface area contributed by atoms with Crippen LogP contribution in [0, 0.1) is 0 Å². The van der Waals surface area contributed by atoms with Crippen molar-refractivity contribution in [1.29, 1.82) is 0 Å². The predicted molar refractivity (Wildman–Crippen MR) is 69.8 cm³/mol. The second-order valence-electron chi connectivity index (χ2n) is 4.24. The molecule has 0 amide bonds. The Morgan fingerprint density at radius 2 is 2.06 bits per heavy atom. The number of nitrogens with one attached hydrogen (secondary N) is 1. The van der Waals surface area contributed by atoms with E-state index in [1.54, 1.807) is 6.20 Å². The van der Waals surface area contributed by atoms with Gasteiger partial charge in [-0.15, -0.1) is 0 Å². The van der Waals surface area contributed by atoms with E-state index in [0.29, 0.717) is 0 Å². The third-order valence-electron chi connectivity index (χ3n) is 3.02. The summed E-state index contributed by atoms with van der Waals surface area (Å²) >= 11 is 0. The summed E-state index contributed by atoms with van der Waals surface area (Å²) in [7, 11) is 0. The molecule has 2 rings (SSSR count). The highest BCUT2D eigenvalue weighted by atomic mass is 16.3. The van der Waals surface area contributed by atoms with Crippen LogP contribution in [0.15, 0.2) is 36.7 Å². The molecule has 2 aromatic rings. The highest BCUT2D eigenvalue weighted by Crippen LogP contribution is 2.24. The molecular formula is C14H18N2O. The van der Waals surface area contributed by atoms with Crippen LogP contribution in [0.4, 0.5) is 0 Å². The van der Waals surface area contributed by atoms with Crippen LogP contribution in [0.5, 0.6) is 0 Å². The Morgan fingerprint density at radius 3 is 2.82 bits per heavy atom. The van der Waals surface area contributed by atoms with Crippen molar-refractivity contribution in [3.05, 3.63) is 42.2 Å². The first kappa shape index (κ1) is 12.0. The molecule has 0 spiro atoms. The van der Waals surface area contributed by atoms with Crippen LogP contribution in [0.1, 0.15) is 25.5 Å². The minimum Gasteiger partial charge on any atom is -0.387 e. The lowest BCUT2D eigenvalue weighted by molar-refractivity contribution is 0.138. The van der Waals surface area contributed by atoms with Crippen molar-refractivity contribution in [2.45, 2.75) is 26.0 Å². The number of aliphatic hydroxyl groups excluding tert-OH is 1. The van der Waals surface area contributed by atoms with E-state index in [4.69, 9.17) is 0 Å². The van der Waals surface area contributed by atoms with Crippen LogP contribution in [-0.2, 0) is 0 Å². The molecule has 3 heteroatoms. The third kappa shape index (κ3) is 2.46. The molecular weight excluding hydrogens is 212 g/mol. The predicted octanol–water partition coefficient (Wildman–Crippen LogP) is 2.27. The number of hydrogen-bond acceptors (Lipinski definition) is 3. The number of pyridine rings is 1. The number of fused-ring (bicyclic) bond motifs is 1. The highest BCUT2D eigenvalue weighted by Gasteiger charge is 2.17. The van der Waals surface area contributed by atoms with Crippen LogP contribution in [0.25, 0.3) is 10.8 Å². The van der Waals surface area contributed by atoms with E-state index in [0.717, 1.165) is 22.9 Å². The number of rotatable bonds is 4. The minimum absolute atomic E-state index is 0.0209. The van der Waals surface area contributed by atoms with Gasteiger partial charge in [-0.25, -0.2) is 0 Å². The smallest absolute Gasteiger partial charge is 0.0961 e. The van der Waals surface area contributed by atoms with Crippen molar-refractivity contribution < 1.29 is 5.11 Å². The summed E-state index contributed by atoms with van der Waals surface area (Å²) in [4.78, 5) is 4.19. The molecule has 0 saturated heterocycles. The van der Waals surface area contributed by atoms with Crippen molar-refractivity contribution in [3.8, 4) is 0 Å². The lowest BCUT2D eigenvalue weighted by atomic mass is 9.99. The van der Waals surface area contributed by atoms with Gasteiger partial charge in [-0.3, -0.25) is 4.98 Å². The second-order valence-corrected chi connectivity index (χ2v) is 4.24. The number of aliphatic hydroxyl groups is 1. The SMILES string of the molecule is CCNC(C)C(O)c1cncc2ccccc12. The van der Waals surface area contributed by atoms with Crippen LogP contribution < -0.4 is 5.32 Å². The molecule has 0 saturated carbocycles. The van der Waals surface area contributed by atoms with Crippen molar-refractivity contribution in [3.63, 3.8) is 0 Å². The molecule has 2 atom stereocenters. The summed E-state index contributed by atoms with van der Waals surface area (Å²) in [6.45, 7) is 4.86. The molecule has 0 fully saturated rings. The van der Waals surface area contributed by atoms with Gasteiger partial charge in [0.15, 0.2) is 0 Å². The largest absolute Gasteiger partial charge is 0.387 e. The molecule has 90 valence electrons. The van der Waals surface area contributed by atoms with Gasteiger partial charge in [-0.1, -0.05) is 31.2 Å². The van der Waals surface area contributed by atoms with E-state index in [-0.39, 0.29) is 6.04 Å². The average Bonchev–Trinajstić information content (AvgIpc) is 2.37. The normalized spacial score (nSPS) is 14.8. The molecule has 3 nitrogen and oxygen atoms in total. The number of hydrogen-bond donors (Lipinski definition) is 2. The molecule has 2 unspecified atom stereocenters. The summed E-state index contributed by atoms with van der Waals surface area (Å²) in [5.41, 5.74) is 0.886. The van der Waals surface area contributed by atoms with Gasteiger partial charge in [-0.05, 0) is 18.9 Å². The maximum Gasteiger partial charge on any atom is 0.0961 e.